The van der Waals surface area contributed by atoms with E-state index in [1.54, 1.807) is 18.2 Å². The fourth-order valence-electron chi connectivity index (χ4n) is 2.99. The van der Waals surface area contributed by atoms with Crippen LogP contribution in [0.5, 0.6) is 0 Å². The van der Waals surface area contributed by atoms with Crippen LogP contribution in [0.15, 0.2) is 53.4 Å². The Bertz CT molecular complexity index is 819. The maximum absolute atomic E-state index is 13.5. The van der Waals surface area contributed by atoms with Crippen LogP contribution in [-0.4, -0.2) is 27.5 Å². The third-order valence-electron chi connectivity index (χ3n) is 4.21. The van der Waals surface area contributed by atoms with Gasteiger partial charge in [-0.1, -0.05) is 24.3 Å². The number of halogens is 3. The lowest BCUT2D eigenvalue weighted by molar-refractivity contribution is 0.376. The summed E-state index contributed by atoms with van der Waals surface area (Å²) in [6, 6.07) is 11.4. The van der Waals surface area contributed by atoms with Crippen molar-refractivity contribution in [1.82, 2.24) is 10.0 Å². The minimum absolute atomic E-state index is 0. The number of sulfonamides is 1. The van der Waals surface area contributed by atoms with Crippen molar-refractivity contribution in [2.75, 3.05) is 13.1 Å². The summed E-state index contributed by atoms with van der Waals surface area (Å²) in [5.41, 5.74) is 0.594. The number of piperidine rings is 1. The SMILES string of the molecule is Cl.O=S(=O)(NC1CNCCC1c1ccc(F)c(F)c1)c1ccccc1. The molecule has 1 fully saturated rings. The summed E-state index contributed by atoms with van der Waals surface area (Å²) in [5, 5.41) is 3.14. The zero-order valence-electron chi connectivity index (χ0n) is 13.3. The molecule has 2 atom stereocenters. The molecule has 136 valence electrons. The van der Waals surface area contributed by atoms with Crippen molar-refractivity contribution in [3.05, 3.63) is 65.7 Å². The molecule has 2 aromatic rings. The molecule has 0 spiro atoms. The van der Waals surface area contributed by atoms with Crippen LogP contribution in [0.2, 0.25) is 0 Å². The minimum atomic E-state index is -3.68. The van der Waals surface area contributed by atoms with Crippen molar-refractivity contribution >= 4 is 22.4 Å². The zero-order chi connectivity index (χ0) is 17.2. The summed E-state index contributed by atoms with van der Waals surface area (Å²) < 4.78 is 54.4. The van der Waals surface area contributed by atoms with Gasteiger partial charge in [0.15, 0.2) is 11.6 Å². The van der Waals surface area contributed by atoms with Gasteiger partial charge in [-0.3, -0.25) is 0 Å². The monoisotopic (exact) mass is 388 g/mol. The van der Waals surface area contributed by atoms with Gasteiger partial charge in [0.05, 0.1) is 4.90 Å². The molecule has 8 heteroatoms. The Hall–Kier alpha value is -1.54. The van der Waals surface area contributed by atoms with E-state index >= 15 is 0 Å². The molecule has 0 aliphatic carbocycles. The molecule has 1 saturated heterocycles. The number of hydrogen-bond acceptors (Lipinski definition) is 3. The average Bonchev–Trinajstić information content (AvgIpc) is 2.58. The van der Waals surface area contributed by atoms with Crippen LogP contribution in [0.4, 0.5) is 8.78 Å². The highest BCUT2D eigenvalue weighted by Crippen LogP contribution is 2.28. The first kappa shape index (κ1) is 19.8. The summed E-state index contributed by atoms with van der Waals surface area (Å²) in [6.07, 6.45) is 0.632. The van der Waals surface area contributed by atoms with E-state index in [1.165, 1.54) is 18.2 Å². The van der Waals surface area contributed by atoms with Gasteiger partial charge in [-0.05, 0) is 42.8 Å². The Morgan fingerprint density at radius 1 is 1.04 bits per heavy atom. The Kier molecular flexibility index (Phi) is 6.51. The molecule has 0 radical (unpaired) electrons. The van der Waals surface area contributed by atoms with E-state index < -0.39 is 27.7 Å². The van der Waals surface area contributed by atoms with Crippen molar-refractivity contribution in [3.63, 3.8) is 0 Å². The largest absolute Gasteiger partial charge is 0.315 e. The molecule has 2 aromatic carbocycles. The molecule has 2 N–H and O–H groups in total. The third kappa shape index (κ3) is 4.55. The van der Waals surface area contributed by atoms with Crippen molar-refractivity contribution in [2.45, 2.75) is 23.3 Å². The predicted octanol–water partition coefficient (Wildman–Crippen LogP) is 2.81. The van der Waals surface area contributed by atoms with Crippen LogP contribution in [-0.2, 0) is 10.0 Å². The molecule has 1 heterocycles. The fraction of sp³-hybridized carbons (Fsp3) is 0.294. The molecule has 2 unspecified atom stereocenters. The molecule has 0 aromatic heterocycles. The molecule has 0 bridgehead atoms. The van der Waals surface area contributed by atoms with Crippen LogP contribution in [0, 0.1) is 11.6 Å². The van der Waals surface area contributed by atoms with Gasteiger partial charge >= 0.3 is 0 Å². The molecule has 0 amide bonds. The van der Waals surface area contributed by atoms with E-state index in [4.69, 9.17) is 0 Å². The van der Waals surface area contributed by atoms with Crippen LogP contribution in [0.25, 0.3) is 0 Å². The average molecular weight is 389 g/mol. The summed E-state index contributed by atoms with van der Waals surface area (Å²) in [4.78, 5) is 0.180. The predicted molar refractivity (Wildman–Crippen MR) is 94.4 cm³/mol. The van der Waals surface area contributed by atoms with Crippen molar-refractivity contribution in [3.8, 4) is 0 Å². The van der Waals surface area contributed by atoms with Gasteiger partial charge in [0.1, 0.15) is 0 Å². The molecule has 1 aliphatic rings. The van der Waals surface area contributed by atoms with E-state index in [9.17, 15) is 17.2 Å². The molecular weight excluding hydrogens is 370 g/mol. The smallest absolute Gasteiger partial charge is 0.240 e. The third-order valence-corrected chi connectivity index (χ3v) is 5.72. The van der Waals surface area contributed by atoms with Gasteiger partial charge in [-0.2, -0.15) is 0 Å². The molecule has 25 heavy (non-hydrogen) atoms. The molecule has 3 rings (SSSR count). The lowest BCUT2D eigenvalue weighted by Crippen LogP contribution is -2.49. The van der Waals surface area contributed by atoms with E-state index in [0.717, 1.165) is 12.1 Å². The summed E-state index contributed by atoms with van der Waals surface area (Å²) in [5.74, 6) is -2.05. The maximum Gasteiger partial charge on any atom is 0.240 e. The van der Waals surface area contributed by atoms with E-state index in [2.05, 4.69) is 10.0 Å². The minimum Gasteiger partial charge on any atom is -0.315 e. The van der Waals surface area contributed by atoms with Crippen LogP contribution in [0.1, 0.15) is 17.9 Å². The second kappa shape index (κ2) is 8.23. The maximum atomic E-state index is 13.5. The fourth-order valence-corrected chi connectivity index (χ4v) is 4.29. The Morgan fingerprint density at radius 3 is 2.44 bits per heavy atom. The normalized spacial score (nSPS) is 20.7. The summed E-state index contributed by atoms with van der Waals surface area (Å²) in [6.45, 7) is 1.11. The molecule has 0 saturated carbocycles. The number of hydrogen-bond donors (Lipinski definition) is 2. The highest BCUT2D eigenvalue weighted by molar-refractivity contribution is 7.89. The lowest BCUT2D eigenvalue weighted by atomic mass is 9.86. The first-order valence-electron chi connectivity index (χ1n) is 7.70. The van der Waals surface area contributed by atoms with Crippen LogP contribution >= 0.6 is 12.4 Å². The Labute approximate surface area is 152 Å². The second-order valence-corrected chi connectivity index (χ2v) is 7.53. The zero-order valence-corrected chi connectivity index (χ0v) is 14.9. The number of nitrogens with one attached hydrogen (secondary N) is 2. The second-order valence-electron chi connectivity index (χ2n) is 5.81. The molecule has 1 aliphatic heterocycles. The van der Waals surface area contributed by atoms with Gasteiger partial charge in [0.2, 0.25) is 10.0 Å². The van der Waals surface area contributed by atoms with E-state index in [-0.39, 0.29) is 23.2 Å². The van der Waals surface area contributed by atoms with Gasteiger partial charge < -0.3 is 5.32 Å². The molecule has 4 nitrogen and oxygen atoms in total. The Morgan fingerprint density at radius 2 is 1.76 bits per heavy atom. The highest BCUT2D eigenvalue weighted by Gasteiger charge is 2.30. The lowest BCUT2D eigenvalue weighted by Gasteiger charge is -2.33. The first-order valence-corrected chi connectivity index (χ1v) is 9.19. The van der Waals surface area contributed by atoms with Crippen molar-refractivity contribution < 1.29 is 17.2 Å². The highest BCUT2D eigenvalue weighted by atomic mass is 35.5. The van der Waals surface area contributed by atoms with Crippen LogP contribution < -0.4 is 10.0 Å². The standard InChI is InChI=1S/C17H18F2N2O2S.ClH/c18-15-7-6-12(10-16(15)19)14-8-9-20-11-17(14)21-24(22,23)13-4-2-1-3-5-13;/h1-7,10,14,17,20-21H,8-9,11H2;1H. The van der Waals surface area contributed by atoms with E-state index in [0.29, 0.717) is 25.1 Å². The summed E-state index contributed by atoms with van der Waals surface area (Å²) >= 11 is 0. The van der Waals surface area contributed by atoms with Gasteiger partial charge in [-0.25, -0.2) is 21.9 Å². The molecular formula is C17H19ClF2N2O2S. The topological polar surface area (TPSA) is 58.2 Å². The Balaban J connectivity index is 0.00000225. The number of rotatable bonds is 4. The van der Waals surface area contributed by atoms with Crippen molar-refractivity contribution in [1.29, 1.82) is 0 Å². The van der Waals surface area contributed by atoms with Gasteiger partial charge in [0, 0.05) is 18.5 Å². The first-order chi connectivity index (χ1) is 11.5. The summed E-state index contributed by atoms with van der Waals surface area (Å²) in [7, 11) is -3.68. The number of benzene rings is 2. The van der Waals surface area contributed by atoms with Crippen LogP contribution in [0.3, 0.4) is 0 Å². The van der Waals surface area contributed by atoms with Crippen molar-refractivity contribution in [2.24, 2.45) is 0 Å². The van der Waals surface area contributed by atoms with Gasteiger partial charge in [-0.15, -0.1) is 12.4 Å². The van der Waals surface area contributed by atoms with E-state index in [1.807, 2.05) is 0 Å². The quantitative estimate of drug-likeness (QED) is 0.846. The van der Waals surface area contributed by atoms with Gasteiger partial charge in [0.25, 0.3) is 0 Å².